The lowest BCUT2D eigenvalue weighted by atomic mass is 10.1. The van der Waals surface area contributed by atoms with E-state index < -0.39 is 18.0 Å². The van der Waals surface area contributed by atoms with Gasteiger partial charge < -0.3 is 9.47 Å². The SMILES string of the molecule is COC(=O)C(OC(=O)/C=C/c1ccccc1)c1ccccc1. The second-order valence-electron chi connectivity index (χ2n) is 4.49. The molecule has 0 amide bonds. The summed E-state index contributed by atoms with van der Waals surface area (Å²) in [5.74, 6) is -1.23. The zero-order chi connectivity index (χ0) is 15.8. The molecule has 0 saturated heterocycles. The van der Waals surface area contributed by atoms with E-state index in [-0.39, 0.29) is 0 Å². The van der Waals surface area contributed by atoms with Crippen molar-refractivity contribution in [2.24, 2.45) is 0 Å². The summed E-state index contributed by atoms with van der Waals surface area (Å²) in [6.07, 6.45) is 1.84. The van der Waals surface area contributed by atoms with Crippen LogP contribution in [0.25, 0.3) is 6.08 Å². The fourth-order valence-electron chi connectivity index (χ4n) is 1.87. The van der Waals surface area contributed by atoms with Gasteiger partial charge in [0.2, 0.25) is 6.10 Å². The standard InChI is InChI=1S/C18H16O4/c1-21-18(20)17(15-10-6-3-7-11-15)22-16(19)13-12-14-8-4-2-5-9-14/h2-13,17H,1H3/b13-12+. The van der Waals surface area contributed by atoms with Gasteiger partial charge in [0.25, 0.3) is 0 Å². The van der Waals surface area contributed by atoms with E-state index in [9.17, 15) is 9.59 Å². The molecule has 0 bridgehead atoms. The van der Waals surface area contributed by atoms with Gasteiger partial charge in [-0.1, -0.05) is 60.7 Å². The Hall–Kier alpha value is -2.88. The van der Waals surface area contributed by atoms with E-state index in [1.165, 1.54) is 13.2 Å². The van der Waals surface area contributed by atoms with Crippen molar-refractivity contribution < 1.29 is 19.1 Å². The third-order valence-electron chi connectivity index (χ3n) is 2.96. The van der Waals surface area contributed by atoms with E-state index >= 15 is 0 Å². The molecule has 2 rings (SSSR count). The minimum atomic E-state index is -1.07. The smallest absolute Gasteiger partial charge is 0.351 e. The lowest BCUT2D eigenvalue weighted by molar-refractivity contribution is -0.163. The molecule has 0 heterocycles. The first-order chi connectivity index (χ1) is 10.7. The molecule has 0 radical (unpaired) electrons. The van der Waals surface area contributed by atoms with Gasteiger partial charge >= 0.3 is 11.9 Å². The Labute approximate surface area is 129 Å². The highest BCUT2D eigenvalue weighted by atomic mass is 16.6. The van der Waals surface area contributed by atoms with Crippen LogP contribution in [0.15, 0.2) is 66.7 Å². The van der Waals surface area contributed by atoms with Crippen molar-refractivity contribution >= 4 is 18.0 Å². The Balaban J connectivity index is 2.09. The first-order valence-electron chi connectivity index (χ1n) is 6.77. The van der Waals surface area contributed by atoms with Gasteiger partial charge in [-0.3, -0.25) is 0 Å². The summed E-state index contributed by atoms with van der Waals surface area (Å²) < 4.78 is 9.90. The summed E-state index contributed by atoms with van der Waals surface area (Å²) in [5, 5.41) is 0. The summed E-state index contributed by atoms with van der Waals surface area (Å²) in [7, 11) is 1.26. The van der Waals surface area contributed by atoms with Gasteiger partial charge in [-0.15, -0.1) is 0 Å². The van der Waals surface area contributed by atoms with Crippen molar-refractivity contribution in [3.63, 3.8) is 0 Å². The minimum absolute atomic E-state index is 0.566. The lowest BCUT2D eigenvalue weighted by Gasteiger charge is -2.14. The van der Waals surface area contributed by atoms with Crippen LogP contribution in [0.4, 0.5) is 0 Å². The van der Waals surface area contributed by atoms with E-state index in [2.05, 4.69) is 0 Å². The minimum Gasteiger partial charge on any atom is -0.466 e. The first-order valence-corrected chi connectivity index (χ1v) is 6.77. The molecule has 4 heteroatoms. The number of hydrogen-bond donors (Lipinski definition) is 0. The molecule has 0 saturated carbocycles. The third kappa shape index (κ3) is 4.31. The molecule has 0 aliphatic rings. The predicted octanol–water partition coefficient (Wildman–Crippen LogP) is 3.16. The van der Waals surface area contributed by atoms with Gasteiger partial charge in [-0.25, -0.2) is 9.59 Å². The van der Waals surface area contributed by atoms with Gasteiger partial charge in [-0.2, -0.15) is 0 Å². The van der Waals surface area contributed by atoms with Crippen LogP contribution in [0.5, 0.6) is 0 Å². The molecule has 0 fully saturated rings. The maximum atomic E-state index is 11.9. The maximum Gasteiger partial charge on any atom is 0.351 e. The van der Waals surface area contributed by atoms with Gasteiger partial charge in [0.15, 0.2) is 0 Å². The molecule has 112 valence electrons. The third-order valence-corrected chi connectivity index (χ3v) is 2.96. The molecule has 2 aromatic carbocycles. The Morgan fingerprint density at radius 1 is 0.955 bits per heavy atom. The number of ether oxygens (including phenoxy) is 2. The van der Waals surface area contributed by atoms with Crippen molar-refractivity contribution in [1.29, 1.82) is 0 Å². The van der Waals surface area contributed by atoms with E-state index in [4.69, 9.17) is 9.47 Å². The molecule has 22 heavy (non-hydrogen) atoms. The van der Waals surface area contributed by atoms with E-state index in [1.54, 1.807) is 30.3 Å². The molecule has 4 nitrogen and oxygen atoms in total. The molecule has 0 spiro atoms. The average Bonchev–Trinajstić information content (AvgIpc) is 2.59. The summed E-state index contributed by atoms with van der Waals surface area (Å²) >= 11 is 0. The van der Waals surface area contributed by atoms with Gasteiger partial charge in [0.1, 0.15) is 0 Å². The summed E-state index contributed by atoms with van der Waals surface area (Å²) in [5.41, 5.74) is 1.43. The Bertz CT molecular complexity index is 647. The van der Waals surface area contributed by atoms with Crippen LogP contribution in [0.3, 0.4) is 0 Å². The number of rotatable bonds is 5. The van der Waals surface area contributed by atoms with Crippen LogP contribution in [0.2, 0.25) is 0 Å². The van der Waals surface area contributed by atoms with Gasteiger partial charge in [-0.05, 0) is 11.6 Å². The van der Waals surface area contributed by atoms with Gasteiger partial charge in [0.05, 0.1) is 7.11 Å². The van der Waals surface area contributed by atoms with E-state index in [0.29, 0.717) is 5.56 Å². The number of carbonyl (C=O) groups is 2. The van der Waals surface area contributed by atoms with Crippen molar-refractivity contribution in [3.8, 4) is 0 Å². The van der Waals surface area contributed by atoms with Gasteiger partial charge in [0, 0.05) is 11.6 Å². The highest BCUT2D eigenvalue weighted by Crippen LogP contribution is 2.19. The Morgan fingerprint density at radius 3 is 2.14 bits per heavy atom. The van der Waals surface area contributed by atoms with Crippen LogP contribution in [0.1, 0.15) is 17.2 Å². The molecular formula is C18H16O4. The molecule has 0 aromatic heterocycles. The molecule has 0 aliphatic heterocycles. The van der Waals surface area contributed by atoms with E-state index in [0.717, 1.165) is 5.56 Å². The largest absolute Gasteiger partial charge is 0.466 e. The topological polar surface area (TPSA) is 52.6 Å². The van der Waals surface area contributed by atoms with E-state index in [1.807, 2.05) is 36.4 Å². The summed E-state index contributed by atoms with van der Waals surface area (Å²) in [6, 6.07) is 18.1. The van der Waals surface area contributed by atoms with Crippen LogP contribution >= 0.6 is 0 Å². The zero-order valence-electron chi connectivity index (χ0n) is 12.1. The fraction of sp³-hybridized carbons (Fsp3) is 0.111. The summed E-state index contributed by atoms with van der Waals surface area (Å²) in [6.45, 7) is 0. The Kier molecular flexibility index (Phi) is 5.49. The fourth-order valence-corrected chi connectivity index (χ4v) is 1.87. The summed E-state index contributed by atoms with van der Waals surface area (Å²) in [4.78, 5) is 23.7. The maximum absolute atomic E-state index is 11.9. The molecular weight excluding hydrogens is 280 g/mol. The molecule has 0 N–H and O–H groups in total. The monoisotopic (exact) mass is 296 g/mol. The number of carbonyl (C=O) groups excluding carboxylic acids is 2. The number of methoxy groups -OCH3 is 1. The van der Waals surface area contributed by atoms with Crippen molar-refractivity contribution in [2.45, 2.75) is 6.10 Å². The highest BCUT2D eigenvalue weighted by molar-refractivity contribution is 5.89. The average molecular weight is 296 g/mol. The van der Waals surface area contributed by atoms with Crippen molar-refractivity contribution in [3.05, 3.63) is 77.9 Å². The molecule has 0 aliphatic carbocycles. The predicted molar refractivity (Wildman–Crippen MR) is 82.8 cm³/mol. The second-order valence-corrected chi connectivity index (χ2v) is 4.49. The van der Waals surface area contributed by atoms with Crippen LogP contribution in [0, 0.1) is 0 Å². The van der Waals surface area contributed by atoms with Crippen molar-refractivity contribution in [2.75, 3.05) is 7.11 Å². The highest BCUT2D eigenvalue weighted by Gasteiger charge is 2.24. The quantitative estimate of drug-likeness (QED) is 0.628. The molecule has 1 atom stereocenters. The first kappa shape index (κ1) is 15.5. The molecule has 2 aromatic rings. The Morgan fingerprint density at radius 2 is 1.55 bits per heavy atom. The number of esters is 2. The zero-order valence-corrected chi connectivity index (χ0v) is 12.1. The normalized spacial score (nSPS) is 11.9. The van der Waals surface area contributed by atoms with Crippen molar-refractivity contribution in [1.82, 2.24) is 0 Å². The number of hydrogen-bond acceptors (Lipinski definition) is 4. The van der Waals surface area contributed by atoms with Crippen LogP contribution in [-0.4, -0.2) is 19.0 Å². The lowest BCUT2D eigenvalue weighted by Crippen LogP contribution is -2.20. The second kappa shape index (κ2) is 7.78. The molecule has 1 unspecified atom stereocenters. The van der Waals surface area contributed by atoms with Crippen LogP contribution in [-0.2, 0) is 19.1 Å². The van der Waals surface area contributed by atoms with Crippen LogP contribution < -0.4 is 0 Å². The number of benzene rings is 2.